The van der Waals surface area contributed by atoms with Crippen LogP contribution in [0.5, 0.6) is 5.75 Å². The minimum absolute atomic E-state index is 0.284. The minimum atomic E-state index is 0.284. The summed E-state index contributed by atoms with van der Waals surface area (Å²) in [6.45, 7) is 2.01. The first kappa shape index (κ1) is 7.68. The molecule has 56 valence electrons. The summed E-state index contributed by atoms with van der Waals surface area (Å²) in [4.78, 5) is 0. The summed E-state index contributed by atoms with van der Waals surface area (Å²) in [6.07, 6.45) is 0.862. The van der Waals surface area contributed by atoms with Gasteiger partial charge < -0.3 is 5.11 Å². The monoisotopic (exact) mass is 146 g/mol. The van der Waals surface area contributed by atoms with Crippen molar-refractivity contribution in [2.24, 2.45) is 0 Å². The van der Waals surface area contributed by atoms with Gasteiger partial charge in [-0.05, 0) is 24.3 Å². The lowest BCUT2D eigenvalue weighted by atomic mass is 10.2. The molecule has 0 aliphatic rings. The van der Waals surface area contributed by atoms with Crippen LogP contribution in [0.25, 0.3) is 0 Å². The summed E-state index contributed by atoms with van der Waals surface area (Å²) < 4.78 is 0. The Bertz CT molecular complexity index is 274. The van der Waals surface area contributed by atoms with Gasteiger partial charge in [0.25, 0.3) is 0 Å². The predicted molar refractivity (Wildman–Crippen MR) is 45.3 cm³/mol. The second kappa shape index (κ2) is 3.68. The highest BCUT2D eigenvalue weighted by Crippen LogP contribution is 2.08. The Morgan fingerprint density at radius 2 is 1.91 bits per heavy atom. The van der Waals surface area contributed by atoms with E-state index < -0.39 is 0 Å². The van der Waals surface area contributed by atoms with Crippen molar-refractivity contribution >= 4 is 0 Å². The second-order valence-corrected chi connectivity index (χ2v) is 2.20. The van der Waals surface area contributed by atoms with Gasteiger partial charge in [-0.1, -0.05) is 18.8 Å². The van der Waals surface area contributed by atoms with Crippen molar-refractivity contribution in [3.63, 3.8) is 0 Å². The van der Waals surface area contributed by atoms with E-state index >= 15 is 0 Å². The maximum atomic E-state index is 8.93. The van der Waals surface area contributed by atoms with Crippen LogP contribution in [-0.4, -0.2) is 5.11 Å². The van der Waals surface area contributed by atoms with Crippen LogP contribution in [-0.2, 0) is 0 Å². The zero-order valence-corrected chi connectivity index (χ0v) is 6.46. The van der Waals surface area contributed by atoms with Gasteiger partial charge in [-0.15, -0.1) is 0 Å². The second-order valence-electron chi connectivity index (χ2n) is 2.20. The molecular weight excluding hydrogens is 136 g/mol. The zero-order chi connectivity index (χ0) is 8.10. The highest BCUT2D eigenvalue weighted by atomic mass is 16.3. The minimum Gasteiger partial charge on any atom is -0.508 e. The van der Waals surface area contributed by atoms with Crippen LogP contribution in [0.2, 0.25) is 0 Å². The number of rotatable bonds is 0. The fraction of sp³-hybridized carbons (Fsp3) is 0.200. The van der Waals surface area contributed by atoms with Crippen molar-refractivity contribution < 1.29 is 5.11 Å². The number of benzene rings is 1. The van der Waals surface area contributed by atoms with Crippen molar-refractivity contribution in [1.82, 2.24) is 0 Å². The number of hydrogen-bond acceptors (Lipinski definition) is 1. The van der Waals surface area contributed by atoms with Crippen molar-refractivity contribution in [3.05, 3.63) is 29.8 Å². The van der Waals surface area contributed by atoms with Gasteiger partial charge in [0, 0.05) is 12.0 Å². The van der Waals surface area contributed by atoms with Crippen LogP contribution in [0.3, 0.4) is 0 Å². The molecule has 0 spiro atoms. The Hall–Kier alpha value is -1.42. The van der Waals surface area contributed by atoms with Crippen LogP contribution < -0.4 is 0 Å². The van der Waals surface area contributed by atoms with E-state index in [0.29, 0.717) is 0 Å². The molecule has 0 aliphatic carbocycles. The van der Waals surface area contributed by atoms with Crippen molar-refractivity contribution in [2.45, 2.75) is 13.3 Å². The van der Waals surface area contributed by atoms with Gasteiger partial charge in [0.05, 0.1) is 0 Å². The Labute approximate surface area is 66.7 Å². The van der Waals surface area contributed by atoms with Gasteiger partial charge in [-0.3, -0.25) is 0 Å². The molecular formula is C10H10O. The Morgan fingerprint density at radius 3 is 2.45 bits per heavy atom. The molecule has 0 amide bonds. The van der Waals surface area contributed by atoms with Gasteiger partial charge in [-0.2, -0.15) is 0 Å². The normalized spacial score (nSPS) is 8.45. The molecule has 1 aromatic rings. The Kier molecular flexibility index (Phi) is 2.57. The van der Waals surface area contributed by atoms with Gasteiger partial charge >= 0.3 is 0 Å². The fourth-order valence-electron chi connectivity index (χ4n) is 0.735. The van der Waals surface area contributed by atoms with E-state index in [-0.39, 0.29) is 5.75 Å². The molecule has 1 N–H and O–H groups in total. The van der Waals surface area contributed by atoms with Crippen molar-refractivity contribution in [3.8, 4) is 17.6 Å². The average molecular weight is 146 g/mol. The van der Waals surface area contributed by atoms with Crippen LogP contribution >= 0.6 is 0 Å². The first-order valence-corrected chi connectivity index (χ1v) is 3.61. The molecule has 0 unspecified atom stereocenters. The number of hydrogen-bond donors (Lipinski definition) is 1. The molecule has 0 aliphatic heterocycles. The van der Waals surface area contributed by atoms with Gasteiger partial charge in [-0.25, -0.2) is 0 Å². The lowest BCUT2D eigenvalue weighted by molar-refractivity contribution is 0.475. The molecule has 1 nitrogen and oxygen atoms in total. The summed E-state index contributed by atoms with van der Waals surface area (Å²) in [5.41, 5.74) is 0.949. The molecule has 1 aromatic carbocycles. The Morgan fingerprint density at radius 1 is 1.27 bits per heavy atom. The SMILES string of the molecule is CCC#Cc1ccc(O)cc1. The lowest BCUT2D eigenvalue weighted by Crippen LogP contribution is -1.71. The highest BCUT2D eigenvalue weighted by molar-refractivity contribution is 5.37. The molecule has 0 heterocycles. The molecule has 0 fully saturated rings. The smallest absolute Gasteiger partial charge is 0.115 e. The van der Waals surface area contributed by atoms with E-state index in [9.17, 15) is 0 Å². The molecule has 11 heavy (non-hydrogen) atoms. The van der Waals surface area contributed by atoms with E-state index in [0.717, 1.165) is 12.0 Å². The molecule has 0 saturated carbocycles. The summed E-state index contributed by atoms with van der Waals surface area (Å²) in [5, 5.41) is 8.93. The summed E-state index contributed by atoms with van der Waals surface area (Å²) in [5.74, 6) is 6.20. The van der Waals surface area contributed by atoms with Gasteiger partial charge in [0.1, 0.15) is 5.75 Å². The molecule has 0 saturated heterocycles. The van der Waals surface area contributed by atoms with E-state index in [4.69, 9.17) is 5.11 Å². The molecule has 0 aromatic heterocycles. The summed E-state index contributed by atoms with van der Waals surface area (Å²) in [6, 6.07) is 6.88. The van der Waals surface area contributed by atoms with Crippen molar-refractivity contribution in [1.29, 1.82) is 0 Å². The van der Waals surface area contributed by atoms with Crippen LogP contribution in [0.4, 0.5) is 0 Å². The molecule has 0 bridgehead atoms. The lowest BCUT2D eigenvalue weighted by Gasteiger charge is -1.89. The zero-order valence-electron chi connectivity index (χ0n) is 6.46. The van der Waals surface area contributed by atoms with Gasteiger partial charge in [0.15, 0.2) is 0 Å². The summed E-state index contributed by atoms with van der Waals surface area (Å²) in [7, 11) is 0. The van der Waals surface area contributed by atoms with Crippen LogP contribution in [0.1, 0.15) is 18.9 Å². The van der Waals surface area contributed by atoms with E-state index in [2.05, 4.69) is 11.8 Å². The molecule has 1 rings (SSSR count). The largest absolute Gasteiger partial charge is 0.508 e. The highest BCUT2D eigenvalue weighted by Gasteiger charge is 1.85. The van der Waals surface area contributed by atoms with Gasteiger partial charge in [0.2, 0.25) is 0 Å². The molecule has 1 heteroatoms. The van der Waals surface area contributed by atoms with E-state index in [1.807, 2.05) is 6.92 Å². The third kappa shape index (κ3) is 2.35. The maximum absolute atomic E-state index is 8.93. The maximum Gasteiger partial charge on any atom is 0.115 e. The van der Waals surface area contributed by atoms with Crippen LogP contribution in [0.15, 0.2) is 24.3 Å². The van der Waals surface area contributed by atoms with E-state index in [1.54, 1.807) is 24.3 Å². The third-order valence-electron chi connectivity index (χ3n) is 1.28. The topological polar surface area (TPSA) is 20.2 Å². The van der Waals surface area contributed by atoms with E-state index in [1.165, 1.54) is 0 Å². The Balaban J connectivity index is 2.82. The molecule has 0 atom stereocenters. The van der Waals surface area contributed by atoms with Crippen LogP contribution in [0, 0.1) is 11.8 Å². The standard InChI is InChI=1S/C10H10O/c1-2-3-4-9-5-7-10(11)8-6-9/h5-8,11H,2H2,1H3. The third-order valence-corrected chi connectivity index (χ3v) is 1.28. The first-order chi connectivity index (χ1) is 5.33. The predicted octanol–water partition coefficient (Wildman–Crippen LogP) is 2.15. The van der Waals surface area contributed by atoms with Crippen molar-refractivity contribution in [2.75, 3.05) is 0 Å². The fourth-order valence-corrected chi connectivity index (χ4v) is 0.735. The number of phenolic OH excluding ortho intramolecular Hbond substituents is 1. The molecule has 0 radical (unpaired) electrons. The number of phenols is 1. The quantitative estimate of drug-likeness (QED) is 0.556. The average Bonchev–Trinajstić information content (AvgIpc) is 2.04. The first-order valence-electron chi connectivity index (χ1n) is 3.61. The summed E-state index contributed by atoms with van der Waals surface area (Å²) >= 11 is 0. The number of aromatic hydroxyl groups is 1.